The van der Waals surface area contributed by atoms with Gasteiger partial charge in [0.1, 0.15) is 5.58 Å². The lowest BCUT2D eigenvalue weighted by molar-refractivity contribution is 0.0971. The van der Waals surface area contributed by atoms with Gasteiger partial charge in [-0.25, -0.2) is 4.98 Å². The zero-order chi connectivity index (χ0) is 21.1. The highest BCUT2D eigenvalue weighted by Crippen LogP contribution is 2.43. The SMILES string of the molecule is O=C1c2oc3ccccc3c(=O)c2[C@@H](c2cccnc2)N1c1nc2ccc(Cl)cc2s1. The number of carbonyl (C=O) groups is 1. The third-order valence-electron chi connectivity index (χ3n) is 5.32. The summed E-state index contributed by atoms with van der Waals surface area (Å²) in [6.07, 6.45) is 3.30. The zero-order valence-electron chi connectivity index (χ0n) is 15.8. The van der Waals surface area contributed by atoms with Crippen molar-refractivity contribution in [2.24, 2.45) is 0 Å². The fourth-order valence-electron chi connectivity index (χ4n) is 3.96. The van der Waals surface area contributed by atoms with Crippen LogP contribution in [0.1, 0.15) is 27.7 Å². The Bertz CT molecular complexity index is 1560. The molecule has 0 spiro atoms. The molecule has 0 aliphatic carbocycles. The van der Waals surface area contributed by atoms with Crippen molar-refractivity contribution in [3.63, 3.8) is 0 Å². The number of benzene rings is 2. The highest BCUT2D eigenvalue weighted by atomic mass is 35.5. The van der Waals surface area contributed by atoms with Crippen LogP contribution in [-0.2, 0) is 0 Å². The molecular weight excluding hydrogens is 434 g/mol. The number of hydrogen-bond donors (Lipinski definition) is 0. The number of para-hydroxylation sites is 1. The minimum atomic E-state index is -0.687. The van der Waals surface area contributed by atoms with Gasteiger partial charge in [0.15, 0.2) is 10.6 Å². The van der Waals surface area contributed by atoms with Crippen molar-refractivity contribution in [3.8, 4) is 0 Å². The van der Waals surface area contributed by atoms with Crippen molar-refractivity contribution in [2.75, 3.05) is 4.90 Å². The lowest BCUT2D eigenvalue weighted by Crippen LogP contribution is -2.29. The van der Waals surface area contributed by atoms with E-state index in [4.69, 9.17) is 16.0 Å². The van der Waals surface area contributed by atoms with Crippen LogP contribution in [0.2, 0.25) is 5.02 Å². The van der Waals surface area contributed by atoms with Gasteiger partial charge in [-0.3, -0.25) is 19.5 Å². The van der Waals surface area contributed by atoms with Crippen molar-refractivity contribution >= 4 is 55.2 Å². The first-order valence-electron chi connectivity index (χ1n) is 9.47. The van der Waals surface area contributed by atoms with E-state index in [0.29, 0.717) is 32.3 Å². The van der Waals surface area contributed by atoms with Gasteiger partial charge in [-0.2, -0.15) is 0 Å². The molecule has 0 fully saturated rings. The lowest BCUT2D eigenvalue weighted by Gasteiger charge is -2.22. The number of thiazole rings is 1. The highest BCUT2D eigenvalue weighted by molar-refractivity contribution is 7.22. The van der Waals surface area contributed by atoms with E-state index in [1.807, 2.05) is 18.2 Å². The van der Waals surface area contributed by atoms with Crippen LogP contribution in [-0.4, -0.2) is 15.9 Å². The number of hydrogen-bond acceptors (Lipinski definition) is 6. The summed E-state index contributed by atoms with van der Waals surface area (Å²) in [5, 5.41) is 1.48. The predicted octanol–water partition coefficient (Wildman–Crippen LogP) is 5.20. The molecule has 1 amide bonds. The fourth-order valence-corrected chi connectivity index (χ4v) is 5.23. The molecule has 2 aromatic carbocycles. The van der Waals surface area contributed by atoms with E-state index in [0.717, 1.165) is 10.2 Å². The molecule has 6 rings (SSSR count). The first-order chi connectivity index (χ1) is 15.1. The van der Waals surface area contributed by atoms with Gasteiger partial charge in [0.25, 0.3) is 5.91 Å². The Balaban J connectivity index is 1.64. The van der Waals surface area contributed by atoms with Crippen LogP contribution in [0.15, 0.2) is 76.2 Å². The molecule has 0 saturated carbocycles. The van der Waals surface area contributed by atoms with E-state index in [1.165, 1.54) is 16.2 Å². The summed E-state index contributed by atoms with van der Waals surface area (Å²) in [7, 11) is 0. The monoisotopic (exact) mass is 445 g/mol. The summed E-state index contributed by atoms with van der Waals surface area (Å²) in [6, 6.07) is 15.2. The van der Waals surface area contributed by atoms with Crippen LogP contribution < -0.4 is 10.3 Å². The molecule has 1 atom stereocenters. The lowest BCUT2D eigenvalue weighted by atomic mass is 10.0. The normalized spacial score (nSPS) is 15.7. The number of rotatable bonds is 2. The molecule has 31 heavy (non-hydrogen) atoms. The molecule has 0 saturated heterocycles. The molecule has 3 aromatic heterocycles. The Labute approximate surface area is 184 Å². The molecule has 6 nitrogen and oxygen atoms in total. The Hall–Kier alpha value is -3.55. The molecule has 0 unspecified atom stereocenters. The summed E-state index contributed by atoms with van der Waals surface area (Å²) in [6.45, 7) is 0. The van der Waals surface area contributed by atoms with E-state index in [9.17, 15) is 9.59 Å². The molecule has 150 valence electrons. The summed E-state index contributed by atoms with van der Waals surface area (Å²) in [5.41, 5.74) is 1.87. The summed E-state index contributed by atoms with van der Waals surface area (Å²) in [4.78, 5) is 37.3. The van der Waals surface area contributed by atoms with E-state index in [2.05, 4.69) is 9.97 Å². The minimum Gasteiger partial charge on any atom is -0.450 e. The molecular formula is C23H12ClN3O3S. The maximum Gasteiger partial charge on any atom is 0.297 e. The summed E-state index contributed by atoms with van der Waals surface area (Å²) < 4.78 is 6.79. The van der Waals surface area contributed by atoms with Crippen LogP contribution >= 0.6 is 22.9 Å². The first kappa shape index (κ1) is 18.2. The number of carbonyl (C=O) groups excluding carboxylic acids is 1. The molecule has 0 N–H and O–H groups in total. The van der Waals surface area contributed by atoms with E-state index in [-0.39, 0.29) is 11.2 Å². The third-order valence-corrected chi connectivity index (χ3v) is 6.58. The Kier molecular flexibility index (Phi) is 3.96. The van der Waals surface area contributed by atoms with Crippen LogP contribution in [0, 0.1) is 0 Å². The van der Waals surface area contributed by atoms with Crippen LogP contribution in [0.25, 0.3) is 21.2 Å². The van der Waals surface area contributed by atoms with Gasteiger partial charge < -0.3 is 4.42 Å². The summed E-state index contributed by atoms with van der Waals surface area (Å²) >= 11 is 7.47. The van der Waals surface area contributed by atoms with Gasteiger partial charge in [0.05, 0.1) is 27.2 Å². The molecule has 4 heterocycles. The number of halogens is 1. The van der Waals surface area contributed by atoms with Crippen LogP contribution in [0.4, 0.5) is 5.13 Å². The van der Waals surface area contributed by atoms with Crippen LogP contribution in [0.5, 0.6) is 0 Å². The van der Waals surface area contributed by atoms with Crippen LogP contribution in [0.3, 0.4) is 0 Å². The van der Waals surface area contributed by atoms with Gasteiger partial charge in [-0.1, -0.05) is 41.1 Å². The topological polar surface area (TPSA) is 76.3 Å². The Morgan fingerprint density at radius 3 is 2.77 bits per heavy atom. The minimum absolute atomic E-state index is 0.0369. The molecule has 5 aromatic rings. The number of anilines is 1. The average Bonchev–Trinajstić information content (AvgIpc) is 3.33. The van der Waals surface area contributed by atoms with Gasteiger partial charge in [0.2, 0.25) is 5.76 Å². The smallest absolute Gasteiger partial charge is 0.297 e. The quantitative estimate of drug-likeness (QED) is 0.373. The number of aromatic nitrogens is 2. The molecule has 0 radical (unpaired) electrons. The largest absolute Gasteiger partial charge is 0.450 e. The van der Waals surface area contributed by atoms with Crippen molar-refractivity contribution in [1.82, 2.24) is 9.97 Å². The second-order valence-corrected chi connectivity index (χ2v) is 8.59. The molecule has 1 aliphatic heterocycles. The summed E-state index contributed by atoms with van der Waals surface area (Å²) in [5.74, 6) is -0.369. The first-order valence-corrected chi connectivity index (χ1v) is 10.7. The Morgan fingerprint density at radius 2 is 1.94 bits per heavy atom. The van der Waals surface area contributed by atoms with Gasteiger partial charge >= 0.3 is 0 Å². The maximum absolute atomic E-state index is 13.5. The van der Waals surface area contributed by atoms with Crippen molar-refractivity contribution < 1.29 is 9.21 Å². The predicted molar refractivity (Wildman–Crippen MR) is 120 cm³/mol. The second-order valence-electron chi connectivity index (χ2n) is 7.14. The maximum atomic E-state index is 13.5. The second kappa shape index (κ2) is 6.73. The Morgan fingerprint density at radius 1 is 1.06 bits per heavy atom. The van der Waals surface area contributed by atoms with E-state index >= 15 is 0 Å². The van der Waals surface area contributed by atoms with Crippen molar-refractivity contribution in [1.29, 1.82) is 0 Å². The highest BCUT2D eigenvalue weighted by Gasteiger charge is 2.45. The average molecular weight is 446 g/mol. The molecule has 8 heteroatoms. The number of pyridine rings is 1. The van der Waals surface area contributed by atoms with Crippen molar-refractivity contribution in [3.05, 3.63) is 99.1 Å². The standard InChI is InChI=1S/C23H12ClN3O3S/c24-13-7-8-15-17(10-13)31-23(26-15)27-19(12-4-3-9-25-11-12)18-20(28)14-5-1-2-6-16(14)30-21(18)22(27)29/h1-11,19H/t19-/m1/s1. The van der Waals surface area contributed by atoms with E-state index in [1.54, 1.807) is 48.8 Å². The molecule has 0 bridgehead atoms. The van der Waals surface area contributed by atoms with Gasteiger partial charge in [-0.15, -0.1) is 0 Å². The van der Waals surface area contributed by atoms with Gasteiger partial charge in [0, 0.05) is 17.4 Å². The fraction of sp³-hybridized carbons (Fsp3) is 0.0435. The van der Waals surface area contributed by atoms with Crippen molar-refractivity contribution in [2.45, 2.75) is 6.04 Å². The molecule has 1 aliphatic rings. The zero-order valence-corrected chi connectivity index (χ0v) is 17.4. The number of nitrogens with zero attached hydrogens (tertiary/aromatic N) is 3. The third kappa shape index (κ3) is 2.71. The van der Waals surface area contributed by atoms with E-state index < -0.39 is 11.9 Å². The van der Waals surface area contributed by atoms with Gasteiger partial charge in [-0.05, 0) is 42.0 Å². The number of amides is 1. The number of fused-ring (bicyclic) bond motifs is 3.